The van der Waals surface area contributed by atoms with Crippen molar-refractivity contribution in [2.75, 3.05) is 32.7 Å². The van der Waals surface area contributed by atoms with E-state index in [1.165, 1.54) is 32.4 Å². The van der Waals surface area contributed by atoms with Crippen molar-refractivity contribution in [1.82, 2.24) is 15.2 Å². The smallest absolute Gasteiger partial charge is 0.240 e. The summed E-state index contributed by atoms with van der Waals surface area (Å²) in [5.41, 5.74) is 1.86. The van der Waals surface area contributed by atoms with E-state index >= 15 is 0 Å². The van der Waals surface area contributed by atoms with E-state index < -0.39 is 5.41 Å². The Labute approximate surface area is 110 Å². The number of nitrogens with one attached hydrogen (secondary N) is 1. The minimum absolute atomic E-state index is 0.0767. The number of carbonyl (C=O) groups excluding carboxylic acids is 1. The van der Waals surface area contributed by atoms with Crippen LogP contribution in [0.3, 0.4) is 0 Å². The zero-order valence-electron chi connectivity index (χ0n) is 11.6. The van der Waals surface area contributed by atoms with Crippen LogP contribution in [0, 0.1) is 5.41 Å². The van der Waals surface area contributed by atoms with Crippen molar-refractivity contribution < 1.29 is 4.79 Å². The van der Waals surface area contributed by atoms with Gasteiger partial charge in [-0.05, 0) is 52.7 Å². The van der Waals surface area contributed by atoms with Gasteiger partial charge in [0.2, 0.25) is 5.91 Å². The third kappa shape index (κ3) is 3.02. The molecule has 0 radical (unpaired) electrons. The van der Waals surface area contributed by atoms with Crippen LogP contribution in [0.25, 0.3) is 0 Å². The van der Waals surface area contributed by atoms with Crippen LogP contribution in [-0.2, 0) is 4.79 Å². The van der Waals surface area contributed by atoms with Gasteiger partial charge in [-0.15, -0.1) is 0 Å². The number of amides is 1. The first-order valence-corrected chi connectivity index (χ1v) is 7.00. The molecule has 2 rings (SSSR count). The predicted octanol–water partition coefficient (Wildman–Crippen LogP) is 0.173. The first-order valence-electron chi connectivity index (χ1n) is 7.00. The maximum atomic E-state index is 11.7. The maximum Gasteiger partial charge on any atom is 0.240 e. The Morgan fingerprint density at radius 3 is 2.61 bits per heavy atom. The summed E-state index contributed by atoms with van der Waals surface area (Å²) in [5, 5.41) is 0. The van der Waals surface area contributed by atoms with E-state index in [0.29, 0.717) is 6.04 Å². The standard InChI is InChI=1S/C13H26N4O/c1-13(2,12(18)15-14)10-16-8-5-11(9-16)17-6-3-4-7-17/h11H,3-10,14H2,1-2H3,(H,15,18). The Morgan fingerprint density at radius 2 is 2.00 bits per heavy atom. The Hall–Kier alpha value is -0.650. The summed E-state index contributed by atoms with van der Waals surface area (Å²) in [6.07, 6.45) is 3.93. The van der Waals surface area contributed by atoms with Crippen LogP contribution < -0.4 is 11.3 Å². The lowest BCUT2D eigenvalue weighted by Crippen LogP contribution is -2.47. The molecule has 2 saturated heterocycles. The number of hydrazine groups is 1. The monoisotopic (exact) mass is 254 g/mol. The molecule has 3 N–H and O–H groups in total. The fourth-order valence-electron chi connectivity index (χ4n) is 3.19. The van der Waals surface area contributed by atoms with Gasteiger partial charge < -0.3 is 4.90 Å². The molecule has 1 amide bonds. The maximum absolute atomic E-state index is 11.7. The third-order valence-electron chi connectivity index (χ3n) is 4.27. The van der Waals surface area contributed by atoms with Crippen LogP contribution in [0.1, 0.15) is 33.1 Å². The largest absolute Gasteiger partial charge is 0.301 e. The fourth-order valence-corrected chi connectivity index (χ4v) is 3.19. The van der Waals surface area contributed by atoms with Crippen molar-refractivity contribution in [1.29, 1.82) is 0 Å². The van der Waals surface area contributed by atoms with Crippen molar-refractivity contribution in [3.8, 4) is 0 Å². The van der Waals surface area contributed by atoms with E-state index in [-0.39, 0.29) is 5.91 Å². The van der Waals surface area contributed by atoms with Crippen molar-refractivity contribution in [2.24, 2.45) is 11.3 Å². The lowest BCUT2D eigenvalue weighted by atomic mass is 9.92. The Balaban J connectivity index is 1.83. The van der Waals surface area contributed by atoms with Gasteiger partial charge >= 0.3 is 0 Å². The molecule has 0 spiro atoms. The molecule has 2 aliphatic rings. The van der Waals surface area contributed by atoms with Crippen LogP contribution in [0.15, 0.2) is 0 Å². The number of rotatable bonds is 4. The van der Waals surface area contributed by atoms with Crippen molar-refractivity contribution in [3.05, 3.63) is 0 Å². The van der Waals surface area contributed by atoms with Gasteiger partial charge in [-0.1, -0.05) is 0 Å². The Bertz CT molecular complexity index is 299. The van der Waals surface area contributed by atoms with E-state index in [9.17, 15) is 4.79 Å². The molecule has 0 aliphatic carbocycles. The Morgan fingerprint density at radius 1 is 1.33 bits per heavy atom. The zero-order valence-corrected chi connectivity index (χ0v) is 11.6. The van der Waals surface area contributed by atoms with E-state index in [0.717, 1.165) is 19.6 Å². The second-order valence-electron chi connectivity index (χ2n) is 6.28. The number of hydrogen-bond donors (Lipinski definition) is 2. The molecule has 0 saturated carbocycles. The number of nitrogens with two attached hydrogens (primary N) is 1. The average Bonchev–Trinajstić information content (AvgIpc) is 2.97. The van der Waals surface area contributed by atoms with Crippen LogP contribution in [0.5, 0.6) is 0 Å². The van der Waals surface area contributed by atoms with Crippen LogP contribution >= 0.6 is 0 Å². The molecule has 18 heavy (non-hydrogen) atoms. The highest BCUT2D eigenvalue weighted by molar-refractivity contribution is 5.81. The summed E-state index contributed by atoms with van der Waals surface area (Å²) in [6.45, 7) is 9.41. The van der Waals surface area contributed by atoms with Gasteiger partial charge in [-0.2, -0.15) is 0 Å². The van der Waals surface area contributed by atoms with Crippen LogP contribution in [0.4, 0.5) is 0 Å². The summed E-state index contributed by atoms with van der Waals surface area (Å²) in [7, 11) is 0. The lowest BCUT2D eigenvalue weighted by molar-refractivity contribution is -0.130. The molecule has 5 heteroatoms. The van der Waals surface area contributed by atoms with Crippen molar-refractivity contribution in [3.63, 3.8) is 0 Å². The third-order valence-corrected chi connectivity index (χ3v) is 4.27. The molecular formula is C13H26N4O. The fraction of sp³-hybridized carbons (Fsp3) is 0.923. The van der Waals surface area contributed by atoms with Gasteiger partial charge in [0.1, 0.15) is 0 Å². The van der Waals surface area contributed by atoms with Crippen molar-refractivity contribution >= 4 is 5.91 Å². The summed E-state index contributed by atoms with van der Waals surface area (Å²) in [5.74, 6) is 5.16. The van der Waals surface area contributed by atoms with E-state index in [4.69, 9.17) is 5.84 Å². The molecule has 5 nitrogen and oxygen atoms in total. The quantitative estimate of drug-likeness (QED) is 0.427. The summed E-state index contributed by atoms with van der Waals surface area (Å²) in [4.78, 5) is 16.7. The van der Waals surface area contributed by atoms with E-state index in [2.05, 4.69) is 15.2 Å². The second kappa shape index (κ2) is 5.55. The average molecular weight is 254 g/mol. The molecule has 2 heterocycles. The molecule has 1 atom stereocenters. The van der Waals surface area contributed by atoms with Gasteiger partial charge in [0.25, 0.3) is 0 Å². The van der Waals surface area contributed by atoms with Gasteiger partial charge in [0, 0.05) is 19.1 Å². The molecular weight excluding hydrogens is 228 g/mol. The number of nitrogens with zero attached hydrogens (tertiary/aromatic N) is 2. The SMILES string of the molecule is CC(C)(CN1CCC(N2CCCC2)C1)C(=O)NN. The molecule has 2 fully saturated rings. The topological polar surface area (TPSA) is 61.6 Å². The molecule has 1 unspecified atom stereocenters. The van der Waals surface area contributed by atoms with Gasteiger partial charge in [0.05, 0.1) is 5.41 Å². The number of likely N-dealkylation sites (tertiary alicyclic amines) is 2. The van der Waals surface area contributed by atoms with Gasteiger partial charge in [-0.3, -0.25) is 15.1 Å². The van der Waals surface area contributed by atoms with Crippen LogP contribution in [0.2, 0.25) is 0 Å². The van der Waals surface area contributed by atoms with Crippen molar-refractivity contribution in [2.45, 2.75) is 39.2 Å². The van der Waals surface area contributed by atoms with Gasteiger partial charge in [0.15, 0.2) is 0 Å². The molecule has 2 aliphatic heterocycles. The molecule has 0 bridgehead atoms. The highest BCUT2D eigenvalue weighted by atomic mass is 16.2. The van der Waals surface area contributed by atoms with Crippen LogP contribution in [-0.4, -0.2) is 54.5 Å². The first-order chi connectivity index (χ1) is 8.53. The second-order valence-corrected chi connectivity index (χ2v) is 6.28. The zero-order chi connectivity index (χ0) is 13.2. The predicted molar refractivity (Wildman–Crippen MR) is 71.8 cm³/mol. The highest BCUT2D eigenvalue weighted by Crippen LogP contribution is 2.24. The minimum atomic E-state index is -0.408. The Kier molecular flexibility index (Phi) is 4.25. The molecule has 0 aromatic rings. The van der Waals surface area contributed by atoms with Gasteiger partial charge in [-0.25, -0.2) is 5.84 Å². The van der Waals surface area contributed by atoms with E-state index in [1.807, 2.05) is 13.8 Å². The molecule has 104 valence electrons. The number of carbonyl (C=O) groups is 1. The summed E-state index contributed by atoms with van der Waals surface area (Å²) < 4.78 is 0. The normalized spacial score (nSPS) is 26.7. The summed E-state index contributed by atoms with van der Waals surface area (Å²) >= 11 is 0. The summed E-state index contributed by atoms with van der Waals surface area (Å²) in [6, 6.07) is 0.698. The highest BCUT2D eigenvalue weighted by Gasteiger charge is 2.35. The minimum Gasteiger partial charge on any atom is -0.301 e. The molecule has 0 aromatic heterocycles. The lowest BCUT2D eigenvalue weighted by Gasteiger charge is -2.29. The number of hydrogen-bond acceptors (Lipinski definition) is 4. The van der Waals surface area contributed by atoms with E-state index in [1.54, 1.807) is 0 Å². The molecule has 0 aromatic carbocycles. The first kappa shape index (κ1) is 13.8.